The summed E-state index contributed by atoms with van der Waals surface area (Å²) in [5.74, 6) is 1.74. The van der Waals surface area contributed by atoms with Gasteiger partial charge in [-0.15, -0.1) is 0 Å². The van der Waals surface area contributed by atoms with Gasteiger partial charge in [-0.25, -0.2) is 0 Å². The van der Waals surface area contributed by atoms with Crippen LogP contribution < -0.4 is 4.74 Å². The van der Waals surface area contributed by atoms with Crippen LogP contribution in [-0.4, -0.2) is 5.60 Å². The molecule has 1 aliphatic rings. The fourth-order valence-corrected chi connectivity index (χ4v) is 3.02. The highest BCUT2D eigenvalue weighted by molar-refractivity contribution is 5.32. The summed E-state index contributed by atoms with van der Waals surface area (Å²) < 4.78 is 6.44. The molecule has 0 amide bonds. The Labute approximate surface area is 105 Å². The lowest BCUT2D eigenvalue weighted by Gasteiger charge is -2.42. The van der Waals surface area contributed by atoms with Crippen LogP contribution in [0.2, 0.25) is 0 Å². The third-order valence-corrected chi connectivity index (χ3v) is 4.39. The molecule has 1 aromatic rings. The predicted octanol–water partition coefficient (Wildman–Crippen LogP) is 4.73. The molecule has 0 bridgehead atoms. The first-order valence-electron chi connectivity index (χ1n) is 6.92. The second-order valence-electron chi connectivity index (χ2n) is 5.43. The molecule has 0 aromatic heterocycles. The van der Waals surface area contributed by atoms with Crippen LogP contribution in [0.15, 0.2) is 24.3 Å². The van der Waals surface area contributed by atoms with Crippen molar-refractivity contribution in [3.05, 3.63) is 29.8 Å². The van der Waals surface area contributed by atoms with Crippen molar-refractivity contribution in [1.82, 2.24) is 0 Å². The quantitative estimate of drug-likeness (QED) is 0.732. The van der Waals surface area contributed by atoms with Crippen LogP contribution in [0.1, 0.15) is 51.5 Å². The van der Waals surface area contributed by atoms with E-state index in [4.69, 9.17) is 4.74 Å². The number of hydrogen-bond donors (Lipinski definition) is 0. The normalized spacial score (nSPS) is 29.0. The summed E-state index contributed by atoms with van der Waals surface area (Å²) in [6, 6.07) is 8.38. The van der Waals surface area contributed by atoms with Crippen molar-refractivity contribution in [2.45, 2.75) is 58.5 Å². The van der Waals surface area contributed by atoms with Crippen molar-refractivity contribution < 1.29 is 4.74 Å². The Bertz CT molecular complexity index is 372. The molecular weight excluding hydrogens is 208 g/mol. The Balaban J connectivity index is 2.22. The van der Waals surface area contributed by atoms with Crippen molar-refractivity contribution in [2.75, 3.05) is 0 Å². The molecule has 1 aliphatic carbocycles. The van der Waals surface area contributed by atoms with Gasteiger partial charge < -0.3 is 4.74 Å². The fourth-order valence-electron chi connectivity index (χ4n) is 3.02. The van der Waals surface area contributed by atoms with Gasteiger partial charge in [0.2, 0.25) is 0 Å². The highest BCUT2D eigenvalue weighted by Crippen LogP contribution is 2.40. The largest absolute Gasteiger partial charge is 0.487 e. The Morgan fingerprint density at radius 1 is 1.29 bits per heavy atom. The topological polar surface area (TPSA) is 9.23 Å². The van der Waals surface area contributed by atoms with Gasteiger partial charge in [0.05, 0.1) is 0 Å². The van der Waals surface area contributed by atoms with Crippen LogP contribution in [-0.2, 0) is 0 Å². The fraction of sp³-hybridized carbons (Fsp3) is 0.625. The second kappa shape index (κ2) is 5.12. The number of benzene rings is 1. The van der Waals surface area contributed by atoms with Gasteiger partial charge in [0.15, 0.2) is 0 Å². The minimum absolute atomic E-state index is 0.0738. The summed E-state index contributed by atoms with van der Waals surface area (Å²) in [7, 11) is 0. The van der Waals surface area contributed by atoms with Crippen molar-refractivity contribution >= 4 is 0 Å². The maximum Gasteiger partial charge on any atom is 0.123 e. The predicted molar refractivity (Wildman–Crippen MR) is 72.5 cm³/mol. The Kier molecular flexibility index (Phi) is 3.76. The molecule has 1 heteroatoms. The number of aryl methyl sites for hydroxylation is 1. The Hall–Kier alpha value is -0.980. The van der Waals surface area contributed by atoms with E-state index in [1.807, 2.05) is 0 Å². The molecule has 0 N–H and O–H groups in total. The standard InChI is InChI=1S/C16H24O/c1-4-16(12-8-7-10-14(16)3)17-15-11-6-5-9-13(15)2/h5-6,9,11,14H,4,7-8,10,12H2,1-3H3. The SMILES string of the molecule is CCC1(Oc2ccccc2C)CCCCC1C. The third kappa shape index (κ3) is 2.48. The number of hydrogen-bond acceptors (Lipinski definition) is 1. The maximum absolute atomic E-state index is 6.44. The molecule has 1 fully saturated rings. The maximum atomic E-state index is 6.44. The zero-order chi connectivity index (χ0) is 12.3. The van der Waals surface area contributed by atoms with Gasteiger partial charge in [-0.2, -0.15) is 0 Å². The van der Waals surface area contributed by atoms with Gasteiger partial charge in [0.25, 0.3) is 0 Å². The zero-order valence-electron chi connectivity index (χ0n) is 11.3. The van der Waals surface area contributed by atoms with Crippen molar-refractivity contribution in [3.8, 4) is 5.75 Å². The van der Waals surface area contributed by atoms with E-state index in [-0.39, 0.29) is 5.60 Å². The third-order valence-electron chi connectivity index (χ3n) is 4.39. The molecule has 17 heavy (non-hydrogen) atoms. The van der Waals surface area contributed by atoms with E-state index < -0.39 is 0 Å². The molecule has 2 unspecified atom stereocenters. The second-order valence-corrected chi connectivity index (χ2v) is 5.43. The smallest absolute Gasteiger partial charge is 0.123 e. The van der Waals surface area contributed by atoms with E-state index >= 15 is 0 Å². The monoisotopic (exact) mass is 232 g/mol. The van der Waals surface area contributed by atoms with Crippen LogP contribution in [0.25, 0.3) is 0 Å². The van der Waals surface area contributed by atoms with Gasteiger partial charge in [0, 0.05) is 0 Å². The highest BCUT2D eigenvalue weighted by atomic mass is 16.5. The van der Waals surface area contributed by atoms with Crippen molar-refractivity contribution in [3.63, 3.8) is 0 Å². The van der Waals surface area contributed by atoms with E-state index in [0.717, 1.165) is 12.2 Å². The lowest BCUT2D eigenvalue weighted by atomic mass is 9.74. The summed E-state index contributed by atoms with van der Waals surface area (Å²) in [6.07, 6.45) is 6.30. The van der Waals surface area contributed by atoms with Crippen LogP contribution in [0.3, 0.4) is 0 Å². The molecule has 0 aliphatic heterocycles. The van der Waals surface area contributed by atoms with E-state index in [2.05, 4.69) is 45.0 Å². The van der Waals surface area contributed by atoms with Crippen LogP contribution >= 0.6 is 0 Å². The van der Waals surface area contributed by atoms with Gasteiger partial charge in [0.1, 0.15) is 11.4 Å². The highest BCUT2D eigenvalue weighted by Gasteiger charge is 2.38. The molecule has 94 valence electrons. The number of ether oxygens (including phenoxy) is 1. The molecule has 0 saturated heterocycles. The van der Waals surface area contributed by atoms with Gasteiger partial charge in [-0.3, -0.25) is 0 Å². The van der Waals surface area contributed by atoms with Crippen LogP contribution in [0.5, 0.6) is 5.75 Å². The molecule has 0 heterocycles. The molecule has 1 nitrogen and oxygen atoms in total. The summed E-state index contributed by atoms with van der Waals surface area (Å²) in [4.78, 5) is 0. The number of para-hydroxylation sites is 1. The van der Waals surface area contributed by atoms with Gasteiger partial charge in [-0.1, -0.05) is 38.5 Å². The molecular formula is C16H24O. The Morgan fingerprint density at radius 2 is 2.06 bits per heavy atom. The van der Waals surface area contributed by atoms with Crippen LogP contribution in [0.4, 0.5) is 0 Å². The van der Waals surface area contributed by atoms with Crippen LogP contribution in [0, 0.1) is 12.8 Å². The first kappa shape index (κ1) is 12.5. The van der Waals surface area contributed by atoms with Crippen molar-refractivity contribution in [1.29, 1.82) is 0 Å². The average molecular weight is 232 g/mol. The number of rotatable bonds is 3. The summed E-state index contributed by atoms with van der Waals surface area (Å²) in [5.41, 5.74) is 1.32. The molecule has 2 atom stereocenters. The summed E-state index contributed by atoms with van der Waals surface area (Å²) in [6.45, 7) is 6.74. The minimum Gasteiger partial charge on any atom is -0.487 e. The zero-order valence-corrected chi connectivity index (χ0v) is 11.3. The van der Waals surface area contributed by atoms with E-state index in [1.54, 1.807) is 0 Å². The summed E-state index contributed by atoms with van der Waals surface area (Å²) >= 11 is 0. The first-order chi connectivity index (χ1) is 8.18. The molecule has 1 aromatic carbocycles. The molecule has 2 rings (SSSR count). The molecule has 0 radical (unpaired) electrons. The Morgan fingerprint density at radius 3 is 2.71 bits per heavy atom. The lowest BCUT2D eigenvalue weighted by Crippen LogP contribution is -2.44. The first-order valence-corrected chi connectivity index (χ1v) is 6.92. The van der Waals surface area contributed by atoms with E-state index in [9.17, 15) is 0 Å². The van der Waals surface area contributed by atoms with Gasteiger partial charge in [-0.05, 0) is 50.2 Å². The van der Waals surface area contributed by atoms with Crippen molar-refractivity contribution in [2.24, 2.45) is 5.92 Å². The minimum atomic E-state index is 0.0738. The molecule has 1 saturated carbocycles. The van der Waals surface area contributed by atoms with E-state index in [1.165, 1.54) is 31.2 Å². The lowest BCUT2D eigenvalue weighted by molar-refractivity contribution is -0.0202. The van der Waals surface area contributed by atoms with Gasteiger partial charge >= 0.3 is 0 Å². The van der Waals surface area contributed by atoms with E-state index in [0.29, 0.717) is 5.92 Å². The molecule has 0 spiro atoms. The average Bonchev–Trinajstić information content (AvgIpc) is 2.35. The summed E-state index contributed by atoms with van der Waals surface area (Å²) in [5, 5.41) is 0.